The zero-order valence-electron chi connectivity index (χ0n) is 22.1. The van der Waals surface area contributed by atoms with E-state index in [-0.39, 0.29) is 17.9 Å². The van der Waals surface area contributed by atoms with E-state index in [1.165, 1.54) is 5.56 Å². The third-order valence-corrected chi connectivity index (χ3v) is 8.73. The van der Waals surface area contributed by atoms with Crippen LogP contribution in [0.1, 0.15) is 36.3 Å². The van der Waals surface area contributed by atoms with Gasteiger partial charge in [0.05, 0.1) is 12.5 Å². The maximum atomic E-state index is 13.5. The number of hydrogen-bond donors (Lipinski definition) is 0. The molecule has 0 radical (unpaired) electrons. The van der Waals surface area contributed by atoms with Gasteiger partial charge in [-0.3, -0.25) is 9.59 Å². The number of piperidine rings is 1. The Morgan fingerprint density at radius 2 is 1.65 bits per heavy atom. The molecule has 0 aliphatic carbocycles. The van der Waals surface area contributed by atoms with E-state index in [9.17, 15) is 9.59 Å². The summed E-state index contributed by atoms with van der Waals surface area (Å²) in [5.41, 5.74) is 2.23. The zero-order valence-corrected chi connectivity index (χ0v) is 22.1. The fraction of sp³-hybridized carbons (Fsp3) is 0.533. The van der Waals surface area contributed by atoms with Crippen LogP contribution in [-0.4, -0.2) is 86.6 Å². The number of nitrogens with zero attached hydrogens (tertiary/aromatic N) is 3. The second kappa shape index (κ2) is 11.2. The molecule has 3 saturated heterocycles. The molecule has 3 aliphatic rings. The summed E-state index contributed by atoms with van der Waals surface area (Å²) < 4.78 is 10.4. The van der Waals surface area contributed by atoms with Gasteiger partial charge >= 0.3 is 0 Å². The van der Waals surface area contributed by atoms with Crippen LogP contribution in [0.3, 0.4) is 0 Å². The van der Waals surface area contributed by atoms with Crippen LogP contribution >= 0.6 is 0 Å². The molecule has 5 rings (SSSR count). The van der Waals surface area contributed by atoms with Crippen LogP contribution < -0.4 is 4.74 Å². The Labute approximate surface area is 220 Å². The summed E-state index contributed by atoms with van der Waals surface area (Å²) in [4.78, 5) is 32.6. The van der Waals surface area contributed by atoms with E-state index in [0.29, 0.717) is 24.3 Å². The van der Waals surface area contributed by atoms with Gasteiger partial charge in [0.15, 0.2) is 0 Å². The maximum absolute atomic E-state index is 13.5. The number of rotatable bonds is 8. The molecule has 2 atom stereocenters. The van der Waals surface area contributed by atoms with Crippen molar-refractivity contribution in [3.05, 3.63) is 65.7 Å². The molecule has 3 aliphatic heterocycles. The molecule has 2 unspecified atom stereocenters. The second-order valence-electron chi connectivity index (χ2n) is 10.9. The monoisotopic (exact) mass is 505 g/mol. The standard InChI is InChI=1S/C30H39N3O4/c1-36-22-28(34)33-20-25(27(21-33)24-6-4-3-5-7-24)19-31-15-12-30(13-16-31)14-17-32(29(30)35)18-23-8-10-26(37-2)11-9-23/h3-11,25,27H,12-22H2,1-2H3. The summed E-state index contributed by atoms with van der Waals surface area (Å²) in [6.07, 6.45) is 2.78. The van der Waals surface area contributed by atoms with Crippen LogP contribution in [0, 0.1) is 11.3 Å². The van der Waals surface area contributed by atoms with E-state index in [2.05, 4.69) is 29.2 Å². The van der Waals surface area contributed by atoms with Gasteiger partial charge in [0.25, 0.3) is 0 Å². The minimum absolute atomic E-state index is 0.0667. The van der Waals surface area contributed by atoms with Crippen LogP contribution in [0.15, 0.2) is 54.6 Å². The first-order chi connectivity index (χ1) is 18.0. The van der Waals surface area contributed by atoms with Gasteiger partial charge in [0.1, 0.15) is 12.4 Å². The molecule has 1 spiro atoms. The van der Waals surface area contributed by atoms with Gasteiger partial charge in [-0.2, -0.15) is 0 Å². The largest absolute Gasteiger partial charge is 0.497 e. The molecule has 0 aromatic heterocycles. The number of methoxy groups -OCH3 is 2. The summed E-state index contributed by atoms with van der Waals surface area (Å²) in [7, 11) is 3.24. The Bertz CT molecular complexity index is 1070. The van der Waals surface area contributed by atoms with Gasteiger partial charge in [0.2, 0.25) is 11.8 Å². The van der Waals surface area contributed by atoms with Crippen molar-refractivity contribution in [3.63, 3.8) is 0 Å². The van der Waals surface area contributed by atoms with Crippen LogP contribution in [0.4, 0.5) is 0 Å². The molecule has 3 heterocycles. The number of carbonyl (C=O) groups excluding carboxylic acids is 2. The van der Waals surface area contributed by atoms with E-state index in [1.54, 1.807) is 14.2 Å². The van der Waals surface area contributed by atoms with Crippen LogP contribution in [0.25, 0.3) is 0 Å². The Hall–Kier alpha value is -2.90. The van der Waals surface area contributed by atoms with Gasteiger partial charge in [-0.25, -0.2) is 0 Å². The average Bonchev–Trinajstić information content (AvgIpc) is 3.48. The van der Waals surface area contributed by atoms with Crippen molar-refractivity contribution < 1.29 is 19.1 Å². The molecule has 2 aromatic rings. The minimum Gasteiger partial charge on any atom is -0.497 e. The van der Waals surface area contributed by atoms with Crippen LogP contribution in [-0.2, 0) is 20.9 Å². The van der Waals surface area contributed by atoms with Crippen molar-refractivity contribution in [2.75, 3.05) is 60.1 Å². The first-order valence-electron chi connectivity index (χ1n) is 13.5. The number of likely N-dealkylation sites (tertiary alicyclic amines) is 3. The van der Waals surface area contributed by atoms with Gasteiger partial charge in [-0.05, 0) is 61.5 Å². The number of amides is 2. The zero-order chi connectivity index (χ0) is 25.8. The van der Waals surface area contributed by atoms with E-state index in [0.717, 1.165) is 69.8 Å². The normalized spacial score (nSPS) is 23.7. The van der Waals surface area contributed by atoms with Crippen molar-refractivity contribution in [2.45, 2.75) is 31.7 Å². The van der Waals surface area contributed by atoms with Gasteiger partial charge in [-0.15, -0.1) is 0 Å². The number of carbonyl (C=O) groups is 2. The number of benzene rings is 2. The molecule has 0 bridgehead atoms. The summed E-state index contributed by atoms with van der Waals surface area (Å²) in [6, 6.07) is 18.6. The molecule has 2 amide bonds. The van der Waals surface area contributed by atoms with Gasteiger partial charge in [-0.1, -0.05) is 42.5 Å². The molecular weight excluding hydrogens is 466 g/mol. The Kier molecular flexibility index (Phi) is 7.81. The van der Waals surface area contributed by atoms with Gasteiger partial charge < -0.3 is 24.2 Å². The number of ether oxygens (including phenoxy) is 2. The van der Waals surface area contributed by atoms with Crippen molar-refractivity contribution in [1.29, 1.82) is 0 Å². The highest BCUT2D eigenvalue weighted by molar-refractivity contribution is 5.85. The predicted molar refractivity (Wildman–Crippen MR) is 142 cm³/mol. The Morgan fingerprint density at radius 1 is 0.946 bits per heavy atom. The molecule has 198 valence electrons. The van der Waals surface area contributed by atoms with Crippen LogP contribution in [0.2, 0.25) is 0 Å². The average molecular weight is 506 g/mol. The molecule has 2 aromatic carbocycles. The third-order valence-electron chi connectivity index (χ3n) is 8.73. The van der Waals surface area contributed by atoms with Crippen molar-refractivity contribution in [2.24, 2.45) is 11.3 Å². The lowest BCUT2D eigenvalue weighted by atomic mass is 9.76. The van der Waals surface area contributed by atoms with E-state index in [1.807, 2.05) is 40.1 Å². The fourth-order valence-corrected chi connectivity index (χ4v) is 6.51. The Morgan fingerprint density at radius 3 is 2.32 bits per heavy atom. The molecule has 7 nitrogen and oxygen atoms in total. The first kappa shape index (κ1) is 25.7. The Balaban J connectivity index is 1.19. The lowest BCUT2D eigenvalue weighted by molar-refractivity contribution is -0.139. The fourth-order valence-electron chi connectivity index (χ4n) is 6.51. The van der Waals surface area contributed by atoms with Crippen molar-refractivity contribution >= 4 is 11.8 Å². The molecular formula is C30H39N3O4. The maximum Gasteiger partial charge on any atom is 0.248 e. The highest BCUT2D eigenvalue weighted by atomic mass is 16.5. The summed E-state index contributed by atoms with van der Waals surface area (Å²) >= 11 is 0. The molecule has 0 saturated carbocycles. The van der Waals surface area contributed by atoms with Gasteiger partial charge in [0, 0.05) is 45.8 Å². The number of hydrogen-bond acceptors (Lipinski definition) is 5. The lowest BCUT2D eigenvalue weighted by Crippen LogP contribution is -2.46. The van der Waals surface area contributed by atoms with E-state index < -0.39 is 0 Å². The van der Waals surface area contributed by atoms with E-state index in [4.69, 9.17) is 9.47 Å². The van der Waals surface area contributed by atoms with Crippen molar-refractivity contribution in [3.8, 4) is 5.75 Å². The quantitative estimate of drug-likeness (QED) is 0.550. The lowest BCUT2D eigenvalue weighted by Gasteiger charge is -2.39. The molecule has 3 fully saturated rings. The smallest absolute Gasteiger partial charge is 0.248 e. The highest BCUT2D eigenvalue weighted by Crippen LogP contribution is 2.43. The highest BCUT2D eigenvalue weighted by Gasteiger charge is 2.48. The summed E-state index contributed by atoms with van der Waals surface area (Å²) in [6.45, 7) is 5.97. The second-order valence-corrected chi connectivity index (χ2v) is 10.9. The molecule has 0 N–H and O–H groups in total. The van der Waals surface area contributed by atoms with E-state index >= 15 is 0 Å². The van der Waals surface area contributed by atoms with Crippen molar-refractivity contribution in [1.82, 2.24) is 14.7 Å². The third kappa shape index (κ3) is 5.53. The topological polar surface area (TPSA) is 62.3 Å². The summed E-state index contributed by atoms with van der Waals surface area (Å²) in [5.74, 6) is 1.93. The molecule has 7 heteroatoms. The SMILES string of the molecule is COCC(=O)N1CC(CN2CCC3(CC2)CCN(Cc2ccc(OC)cc2)C3=O)C(c2ccccc2)C1. The van der Waals surface area contributed by atoms with Crippen LogP contribution in [0.5, 0.6) is 5.75 Å². The predicted octanol–water partition coefficient (Wildman–Crippen LogP) is 3.40. The minimum atomic E-state index is -0.210. The summed E-state index contributed by atoms with van der Waals surface area (Å²) in [5, 5.41) is 0. The molecule has 37 heavy (non-hydrogen) atoms. The first-order valence-corrected chi connectivity index (χ1v) is 13.5.